The van der Waals surface area contributed by atoms with Gasteiger partial charge >= 0.3 is 19.5 Å². The Labute approximate surface area is 122 Å². The van der Waals surface area contributed by atoms with Crippen molar-refractivity contribution in [3.05, 3.63) is 63.4 Å². The van der Waals surface area contributed by atoms with Crippen LogP contribution in [0.4, 0.5) is 0 Å². The van der Waals surface area contributed by atoms with Crippen LogP contribution in [0.2, 0.25) is 0 Å². The molecule has 0 amide bonds. The molecule has 1 heteroatoms. The van der Waals surface area contributed by atoms with Gasteiger partial charge in [-0.1, -0.05) is 62.7 Å². The van der Waals surface area contributed by atoms with Gasteiger partial charge in [0.25, 0.3) is 0 Å². The molecule has 0 aliphatic rings. The van der Waals surface area contributed by atoms with Crippen LogP contribution >= 0.6 is 0 Å². The predicted octanol–water partition coefficient (Wildman–Crippen LogP) is 5.58. The maximum absolute atomic E-state index is 3.84. The largest absolute Gasteiger partial charge is 2.00 e. The maximum Gasteiger partial charge on any atom is 2.00 e. The minimum absolute atomic E-state index is 0. The third kappa shape index (κ3) is 25.7. The topological polar surface area (TPSA) is 0 Å². The fraction of sp³-hybridized carbons (Fsp3) is 0.375. The summed E-state index contributed by atoms with van der Waals surface area (Å²) in [6, 6.07) is 12.0. The average molecular weight is 321 g/mol. The summed E-state index contributed by atoms with van der Waals surface area (Å²) in [7, 11) is 0. The first kappa shape index (κ1) is 25.4. The number of rotatable bonds is 1. The van der Waals surface area contributed by atoms with E-state index in [4.69, 9.17) is 0 Å². The van der Waals surface area contributed by atoms with Crippen molar-refractivity contribution < 1.29 is 19.5 Å². The summed E-state index contributed by atoms with van der Waals surface area (Å²) in [6.45, 7) is 12.6. The molecule has 17 heavy (non-hydrogen) atoms. The molecule has 100 valence electrons. The normalized spacial score (nSPS) is 8.24. The molecule has 0 atom stereocenters. The first-order valence-electron chi connectivity index (χ1n) is 5.06. The molecule has 0 aliphatic carbocycles. The van der Waals surface area contributed by atoms with Gasteiger partial charge in [0.1, 0.15) is 0 Å². The molecule has 0 fully saturated rings. The van der Waals surface area contributed by atoms with E-state index in [2.05, 4.69) is 34.3 Å². The van der Waals surface area contributed by atoms with E-state index in [1.807, 2.05) is 36.4 Å². The summed E-state index contributed by atoms with van der Waals surface area (Å²) in [4.78, 5) is 0. The van der Waals surface area contributed by atoms with Crippen LogP contribution in [0.1, 0.15) is 34.1 Å². The summed E-state index contributed by atoms with van der Waals surface area (Å²) >= 11 is 0. The molecule has 0 spiro atoms. The second-order valence-corrected chi connectivity index (χ2v) is 4.85. The van der Waals surface area contributed by atoms with Gasteiger partial charge in [-0.2, -0.15) is 0 Å². The van der Waals surface area contributed by atoms with Gasteiger partial charge in [-0.25, -0.2) is 0 Å². The molecule has 0 nitrogen and oxygen atoms in total. The van der Waals surface area contributed by atoms with Crippen molar-refractivity contribution in [1.82, 2.24) is 0 Å². The van der Waals surface area contributed by atoms with Crippen LogP contribution in [0.5, 0.6) is 0 Å². The summed E-state index contributed by atoms with van der Waals surface area (Å²) in [5.41, 5.74) is 1.70. The molecule has 0 bridgehead atoms. The molecule has 1 aromatic carbocycles. The Morgan fingerprint density at radius 3 is 1.18 bits per heavy atom. The second kappa shape index (κ2) is 13.6. The Bertz CT molecular complexity index is 217. The third-order valence-electron chi connectivity index (χ3n) is 1.50. The van der Waals surface area contributed by atoms with Crippen molar-refractivity contribution in [3.8, 4) is 0 Å². The summed E-state index contributed by atoms with van der Waals surface area (Å²) < 4.78 is 0. The molecule has 0 saturated carbocycles. The number of allylic oxidation sites excluding steroid dienone is 1. The Morgan fingerprint density at radius 1 is 0.882 bits per heavy atom. The molecule has 0 aliphatic heterocycles. The average Bonchev–Trinajstić information content (AvgIpc) is 2.03. The quantitative estimate of drug-likeness (QED) is 0.360. The standard InChI is InChI=1S/C8H16.C6H6.2CH3.Ru/c1-7(2)6-8(3,4)5;1-2-4-6-5-3-1;;;/h1,6H2,2-5H3;1-6H;2*1H3;/q;;2*-1;+2. The van der Waals surface area contributed by atoms with Crippen LogP contribution in [0.3, 0.4) is 0 Å². The Kier molecular flexibility index (Phi) is 20.4. The summed E-state index contributed by atoms with van der Waals surface area (Å²) in [6.07, 6.45) is 1.13. The SMILES string of the molecule is C=C(C)CC(C)(C)C.[CH3-].[CH3-].[Ru+2].c1ccccc1. The molecule has 0 heterocycles. The predicted molar refractivity (Wildman–Crippen MR) is 78.2 cm³/mol. The Morgan fingerprint density at radius 2 is 1.12 bits per heavy atom. The molecule has 1 rings (SSSR count). The minimum atomic E-state index is 0. The number of hydrogen-bond acceptors (Lipinski definition) is 0. The van der Waals surface area contributed by atoms with E-state index >= 15 is 0 Å². The van der Waals surface area contributed by atoms with Crippen molar-refractivity contribution >= 4 is 0 Å². The van der Waals surface area contributed by atoms with Crippen molar-refractivity contribution in [2.75, 3.05) is 0 Å². The van der Waals surface area contributed by atoms with Crippen LogP contribution in [0, 0.1) is 20.3 Å². The van der Waals surface area contributed by atoms with E-state index in [-0.39, 0.29) is 34.3 Å². The maximum atomic E-state index is 3.84. The first-order chi connectivity index (χ1) is 6.42. The molecular weight excluding hydrogens is 293 g/mol. The molecule has 0 N–H and O–H groups in total. The van der Waals surface area contributed by atoms with Crippen molar-refractivity contribution in [2.45, 2.75) is 34.1 Å². The number of benzene rings is 1. The van der Waals surface area contributed by atoms with Crippen molar-refractivity contribution in [2.24, 2.45) is 5.41 Å². The fourth-order valence-electron chi connectivity index (χ4n) is 1.29. The summed E-state index contributed by atoms with van der Waals surface area (Å²) in [5, 5.41) is 0. The third-order valence-corrected chi connectivity index (χ3v) is 1.50. The second-order valence-electron chi connectivity index (χ2n) is 4.85. The molecule has 0 unspecified atom stereocenters. The molecule has 0 saturated heterocycles. The van der Waals surface area contributed by atoms with E-state index in [0.717, 1.165) is 6.42 Å². The Balaban J connectivity index is -0.0000000860. The van der Waals surface area contributed by atoms with Gasteiger partial charge in [0.05, 0.1) is 0 Å². The summed E-state index contributed by atoms with van der Waals surface area (Å²) in [5.74, 6) is 0. The van der Waals surface area contributed by atoms with Crippen LogP contribution in [-0.2, 0) is 19.5 Å². The van der Waals surface area contributed by atoms with Gasteiger partial charge in [0.15, 0.2) is 0 Å². The van der Waals surface area contributed by atoms with E-state index in [0.29, 0.717) is 5.41 Å². The smallest absolute Gasteiger partial charge is 0.358 e. The molecular formula is C16H28Ru. The van der Waals surface area contributed by atoms with Crippen LogP contribution < -0.4 is 0 Å². The van der Waals surface area contributed by atoms with Gasteiger partial charge in [-0.15, -0.1) is 6.58 Å². The van der Waals surface area contributed by atoms with E-state index < -0.39 is 0 Å². The van der Waals surface area contributed by atoms with E-state index in [9.17, 15) is 0 Å². The number of hydrogen-bond donors (Lipinski definition) is 0. The monoisotopic (exact) mass is 322 g/mol. The van der Waals surface area contributed by atoms with Crippen molar-refractivity contribution in [1.29, 1.82) is 0 Å². The Hall–Kier alpha value is -0.417. The van der Waals surface area contributed by atoms with Gasteiger partial charge in [-0.3, -0.25) is 0 Å². The zero-order valence-electron chi connectivity index (χ0n) is 12.2. The van der Waals surface area contributed by atoms with Gasteiger partial charge < -0.3 is 14.9 Å². The zero-order valence-corrected chi connectivity index (χ0v) is 14.0. The molecule has 0 aromatic heterocycles. The van der Waals surface area contributed by atoms with Gasteiger partial charge in [0, 0.05) is 0 Å². The van der Waals surface area contributed by atoms with E-state index in [1.165, 1.54) is 5.57 Å². The van der Waals surface area contributed by atoms with Crippen LogP contribution in [-0.4, -0.2) is 0 Å². The van der Waals surface area contributed by atoms with E-state index in [1.54, 1.807) is 0 Å². The molecule has 0 radical (unpaired) electrons. The van der Waals surface area contributed by atoms with Crippen LogP contribution in [0.15, 0.2) is 48.6 Å². The molecule has 1 aromatic rings. The minimum Gasteiger partial charge on any atom is -0.358 e. The van der Waals surface area contributed by atoms with Crippen LogP contribution in [0.25, 0.3) is 0 Å². The fourth-order valence-corrected chi connectivity index (χ4v) is 1.29. The van der Waals surface area contributed by atoms with Gasteiger partial charge in [0.2, 0.25) is 0 Å². The zero-order chi connectivity index (χ0) is 11.0. The van der Waals surface area contributed by atoms with Gasteiger partial charge in [-0.05, 0) is 18.8 Å². The van der Waals surface area contributed by atoms with Crippen molar-refractivity contribution in [3.63, 3.8) is 0 Å². The first-order valence-corrected chi connectivity index (χ1v) is 5.06.